The van der Waals surface area contributed by atoms with Crippen LogP contribution >= 0.6 is 11.6 Å². The van der Waals surface area contributed by atoms with Gasteiger partial charge in [-0.25, -0.2) is 4.98 Å². The number of methoxy groups -OCH3 is 2. The molecule has 0 unspecified atom stereocenters. The molecule has 2 aromatic rings. The van der Waals surface area contributed by atoms with E-state index in [0.29, 0.717) is 23.2 Å². The Balaban J connectivity index is 1.83. The molecule has 0 N–H and O–H groups in total. The van der Waals surface area contributed by atoms with Crippen LogP contribution in [0.25, 0.3) is 11.3 Å². The van der Waals surface area contributed by atoms with Crippen LogP contribution in [0.2, 0.25) is 5.15 Å². The Morgan fingerprint density at radius 1 is 1.23 bits per heavy atom. The summed E-state index contributed by atoms with van der Waals surface area (Å²) in [5, 5.41) is 8.03. The summed E-state index contributed by atoms with van der Waals surface area (Å²) in [6, 6.07) is 1.78. The van der Waals surface area contributed by atoms with Crippen molar-refractivity contribution in [3.05, 3.63) is 23.0 Å². The molecule has 1 aliphatic carbocycles. The molecule has 7 nitrogen and oxygen atoms in total. The molecule has 0 bridgehead atoms. The summed E-state index contributed by atoms with van der Waals surface area (Å²) >= 11 is 6.08. The lowest BCUT2D eigenvalue weighted by atomic mass is 10.1. The molecule has 0 radical (unpaired) electrons. The fourth-order valence-electron chi connectivity index (χ4n) is 2.58. The number of alkyl halides is 3. The maximum absolute atomic E-state index is 12.2. The molecule has 26 heavy (non-hydrogen) atoms. The van der Waals surface area contributed by atoms with E-state index in [2.05, 4.69) is 24.9 Å². The van der Waals surface area contributed by atoms with E-state index in [1.54, 1.807) is 6.07 Å². The van der Waals surface area contributed by atoms with Gasteiger partial charge in [0.25, 0.3) is 0 Å². The summed E-state index contributed by atoms with van der Waals surface area (Å²) in [5.74, 6) is -0.225. The molecule has 0 spiro atoms. The second-order valence-electron chi connectivity index (χ2n) is 5.61. The van der Waals surface area contributed by atoms with Crippen LogP contribution in [0.5, 0.6) is 11.9 Å². The average molecular weight is 391 g/mol. The van der Waals surface area contributed by atoms with Crippen molar-refractivity contribution in [2.45, 2.75) is 18.7 Å². The van der Waals surface area contributed by atoms with Gasteiger partial charge in [-0.1, -0.05) is 11.6 Å². The minimum atomic E-state index is -4.65. The summed E-state index contributed by atoms with van der Waals surface area (Å²) in [6.07, 6.45) is -2.66. The average Bonchev–Trinajstić information content (AvgIpc) is 3.39. The molecule has 0 aliphatic heterocycles. The summed E-state index contributed by atoms with van der Waals surface area (Å²) in [6.45, 7) is -0.420. The minimum absolute atomic E-state index is 0.124. The second-order valence-corrected chi connectivity index (χ2v) is 5.97. The number of rotatable bonds is 6. The molecule has 11 heteroatoms. The summed E-state index contributed by atoms with van der Waals surface area (Å²) in [5.41, 5.74) is 1.46. The highest BCUT2D eigenvalue weighted by molar-refractivity contribution is 6.30. The number of halogens is 4. The van der Waals surface area contributed by atoms with Gasteiger partial charge in [0.05, 0.1) is 26.4 Å². The van der Waals surface area contributed by atoms with Gasteiger partial charge < -0.3 is 9.47 Å². The lowest BCUT2D eigenvalue weighted by Gasteiger charge is -2.10. The van der Waals surface area contributed by atoms with Crippen molar-refractivity contribution in [2.24, 2.45) is 5.92 Å². The fourth-order valence-corrected chi connectivity index (χ4v) is 2.81. The van der Waals surface area contributed by atoms with Crippen LogP contribution in [0, 0.1) is 5.92 Å². The van der Waals surface area contributed by atoms with Crippen molar-refractivity contribution in [1.82, 2.24) is 20.2 Å². The number of nitrogens with zero attached hydrogens (tertiary/aromatic N) is 4. The van der Waals surface area contributed by atoms with Gasteiger partial charge in [0.15, 0.2) is 5.15 Å². The molecule has 2 atom stereocenters. The number of ether oxygens (including phenoxy) is 3. The van der Waals surface area contributed by atoms with Crippen LogP contribution in [-0.2, 0) is 4.74 Å². The van der Waals surface area contributed by atoms with Gasteiger partial charge in [0.2, 0.25) is 5.88 Å². The molecule has 1 fully saturated rings. The molecule has 2 heterocycles. The van der Waals surface area contributed by atoms with Crippen molar-refractivity contribution in [3.63, 3.8) is 0 Å². The largest absolute Gasteiger partial charge is 0.522 e. The second kappa shape index (κ2) is 7.20. The van der Waals surface area contributed by atoms with E-state index in [4.69, 9.17) is 21.1 Å². The molecular weight excluding hydrogens is 377 g/mol. The van der Waals surface area contributed by atoms with Gasteiger partial charge in [-0.05, 0) is 29.9 Å². The predicted octanol–water partition coefficient (Wildman–Crippen LogP) is 3.24. The Labute approximate surface area is 151 Å². The van der Waals surface area contributed by atoms with E-state index in [0.717, 1.165) is 0 Å². The van der Waals surface area contributed by atoms with Gasteiger partial charge in [-0.15, -0.1) is 23.4 Å². The zero-order chi connectivity index (χ0) is 18.9. The third-order valence-corrected chi connectivity index (χ3v) is 4.24. The van der Waals surface area contributed by atoms with Gasteiger partial charge in [-0.3, -0.25) is 4.74 Å². The lowest BCUT2D eigenvalue weighted by molar-refractivity contribution is -0.326. The highest BCUT2D eigenvalue weighted by Crippen LogP contribution is 2.50. The first-order valence-corrected chi connectivity index (χ1v) is 7.89. The van der Waals surface area contributed by atoms with E-state index >= 15 is 0 Å². The first-order valence-electron chi connectivity index (χ1n) is 7.51. The van der Waals surface area contributed by atoms with E-state index in [9.17, 15) is 13.2 Å². The first-order chi connectivity index (χ1) is 12.3. The summed E-state index contributed by atoms with van der Waals surface area (Å²) in [4.78, 5) is 8.08. The molecule has 0 amide bonds. The Kier molecular flexibility index (Phi) is 5.15. The van der Waals surface area contributed by atoms with Crippen molar-refractivity contribution in [1.29, 1.82) is 0 Å². The number of aromatic nitrogens is 4. The van der Waals surface area contributed by atoms with Crippen LogP contribution in [0.3, 0.4) is 0 Å². The lowest BCUT2D eigenvalue weighted by Crippen LogP contribution is -2.15. The van der Waals surface area contributed by atoms with Crippen LogP contribution in [0.15, 0.2) is 12.3 Å². The monoisotopic (exact) mass is 390 g/mol. The van der Waals surface area contributed by atoms with E-state index in [1.807, 2.05) is 0 Å². The van der Waals surface area contributed by atoms with Crippen LogP contribution in [0.1, 0.15) is 17.9 Å². The van der Waals surface area contributed by atoms with Gasteiger partial charge in [0, 0.05) is 6.20 Å². The fraction of sp³-hybridized carbons (Fsp3) is 0.467. The van der Waals surface area contributed by atoms with Gasteiger partial charge >= 0.3 is 12.4 Å². The smallest absolute Gasteiger partial charge is 0.480 e. The third kappa shape index (κ3) is 4.13. The Hall–Kier alpha value is -2.20. The Bertz CT molecular complexity index is 806. The predicted molar refractivity (Wildman–Crippen MR) is 84.0 cm³/mol. The topological polar surface area (TPSA) is 79.2 Å². The Morgan fingerprint density at radius 2 is 2.00 bits per heavy atom. The molecule has 1 saturated carbocycles. The molecule has 1 aliphatic rings. The zero-order valence-corrected chi connectivity index (χ0v) is 14.5. The SMILES string of the molecule is COc1ncc(-c2cc([C@H]3C[C@@H]3COC(F)(F)F)c(Cl)nn2)c(OC)n1. The molecule has 0 aromatic carbocycles. The van der Waals surface area contributed by atoms with Crippen LogP contribution < -0.4 is 9.47 Å². The van der Waals surface area contributed by atoms with Crippen LogP contribution in [0.4, 0.5) is 13.2 Å². The van der Waals surface area contributed by atoms with Crippen molar-refractivity contribution in [3.8, 4) is 23.1 Å². The quantitative estimate of drug-likeness (QED) is 0.749. The summed E-state index contributed by atoms with van der Waals surface area (Å²) in [7, 11) is 2.85. The maximum atomic E-state index is 12.2. The number of hydrogen-bond donors (Lipinski definition) is 0. The molecule has 140 valence electrons. The zero-order valence-electron chi connectivity index (χ0n) is 13.7. The van der Waals surface area contributed by atoms with Crippen molar-refractivity contribution < 1.29 is 27.4 Å². The molecule has 3 rings (SSSR count). The van der Waals surface area contributed by atoms with E-state index in [1.165, 1.54) is 20.4 Å². The first kappa shape index (κ1) is 18.6. The molecule has 0 saturated heterocycles. The van der Waals surface area contributed by atoms with E-state index in [-0.39, 0.29) is 28.9 Å². The highest BCUT2D eigenvalue weighted by atomic mass is 35.5. The third-order valence-electron chi connectivity index (χ3n) is 3.94. The minimum Gasteiger partial charge on any atom is -0.480 e. The maximum Gasteiger partial charge on any atom is 0.522 e. The van der Waals surface area contributed by atoms with Crippen molar-refractivity contribution >= 4 is 11.6 Å². The Morgan fingerprint density at radius 3 is 2.65 bits per heavy atom. The highest BCUT2D eigenvalue weighted by Gasteiger charge is 2.43. The van der Waals surface area contributed by atoms with Crippen LogP contribution in [-0.4, -0.2) is 47.4 Å². The normalized spacial score (nSPS) is 19.3. The van der Waals surface area contributed by atoms with Gasteiger partial charge in [-0.2, -0.15) is 4.98 Å². The van der Waals surface area contributed by atoms with Crippen molar-refractivity contribution in [2.75, 3.05) is 20.8 Å². The van der Waals surface area contributed by atoms with Gasteiger partial charge in [0.1, 0.15) is 5.69 Å². The number of hydrogen-bond acceptors (Lipinski definition) is 7. The standard InChI is InChI=1S/C15H14ClF3N4O3/c1-24-13-10(5-20-14(21-13)25-2)11-4-9(12(16)23-22-11)8-3-7(8)6-26-15(17,18)19/h4-5,7-8H,3,6H2,1-2H3/t7-,8+/m1/s1. The molecular formula is C15H14ClF3N4O3. The molecule has 2 aromatic heterocycles. The van der Waals surface area contributed by atoms with E-state index < -0.39 is 13.0 Å². The summed E-state index contributed by atoms with van der Waals surface area (Å²) < 4.78 is 50.6.